The summed E-state index contributed by atoms with van der Waals surface area (Å²) in [6, 6.07) is 6.82. The smallest absolute Gasteiger partial charge is 0.123 e. The van der Waals surface area contributed by atoms with Crippen LogP contribution in [0.2, 0.25) is 0 Å². The lowest BCUT2D eigenvalue weighted by atomic mass is 10.0. The van der Waals surface area contributed by atoms with E-state index in [0.717, 1.165) is 31.6 Å². The molecule has 1 aromatic rings. The quantitative estimate of drug-likeness (QED) is 0.770. The molecule has 0 aromatic heterocycles. The fraction of sp³-hybridized carbons (Fsp3) is 0.600. The van der Waals surface area contributed by atoms with Crippen LogP contribution in [0, 0.1) is 11.7 Å². The summed E-state index contributed by atoms with van der Waals surface area (Å²) in [5, 5.41) is 0. The minimum absolute atomic E-state index is 0.155. The molecule has 0 bridgehead atoms. The lowest BCUT2D eigenvalue weighted by Crippen LogP contribution is -2.20. The van der Waals surface area contributed by atoms with E-state index >= 15 is 0 Å². The van der Waals surface area contributed by atoms with E-state index in [-0.39, 0.29) is 5.82 Å². The molecule has 0 amide bonds. The number of hydrogen-bond acceptors (Lipinski definition) is 2. The van der Waals surface area contributed by atoms with Gasteiger partial charge in [0.25, 0.3) is 0 Å². The van der Waals surface area contributed by atoms with E-state index in [1.54, 1.807) is 12.1 Å². The van der Waals surface area contributed by atoms with Crippen LogP contribution in [0.5, 0.6) is 0 Å². The molecule has 0 heterocycles. The Hall–Kier alpha value is -0.930. The van der Waals surface area contributed by atoms with Crippen LogP contribution in [0.25, 0.3) is 0 Å². The molecule has 102 valence electrons. The Morgan fingerprint density at radius 3 is 2.78 bits per heavy atom. The number of rotatable bonds is 8. The highest BCUT2D eigenvalue weighted by atomic mass is 19.1. The van der Waals surface area contributed by atoms with Crippen LogP contribution in [0.4, 0.5) is 4.39 Å². The van der Waals surface area contributed by atoms with Gasteiger partial charge in [0.1, 0.15) is 5.82 Å². The number of nitrogens with zero attached hydrogens (tertiary/aromatic N) is 1. The van der Waals surface area contributed by atoms with Crippen molar-refractivity contribution in [3.8, 4) is 0 Å². The van der Waals surface area contributed by atoms with E-state index in [9.17, 15) is 4.39 Å². The SMILES string of the molecule is CC(CCN)CCCN(C)Cc1cccc(F)c1. The summed E-state index contributed by atoms with van der Waals surface area (Å²) in [6.07, 6.45) is 3.49. The monoisotopic (exact) mass is 252 g/mol. The summed E-state index contributed by atoms with van der Waals surface area (Å²) in [4.78, 5) is 2.24. The Morgan fingerprint density at radius 2 is 2.11 bits per heavy atom. The standard InChI is InChI=1S/C15H25FN2/c1-13(8-9-17)5-4-10-18(2)12-14-6-3-7-15(16)11-14/h3,6-7,11,13H,4-5,8-10,12,17H2,1-2H3. The molecule has 0 aliphatic rings. The third-order valence-electron chi connectivity index (χ3n) is 3.24. The summed E-state index contributed by atoms with van der Waals surface area (Å²) in [5.41, 5.74) is 6.57. The number of halogens is 1. The van der Waals surface area contributed by atoms with E-state index < -0.39 is 0 Å². The van der Waals surface area contributed by atoms with Gasteiger partial charge in [-0.05, 0) is 63.0 Å². The second-order valence-corrected chi connectivity index (χ2v) is 5.19. The first kappa shape index (κ1) is 15.1. The first-order chi connectivity index (χ1) is 8.61. The Morgan fingerprint density at radius 1 is 1.33 bits per heavy atom. The van der Waals surface area contributed by atoms with Crippen LogP contribution in [0.1, 0.15) is 31.7 Å². The van der Waals surface area contributed by atoms with E-state index in [1.165, 1.54) is 18.9 Å². The van der Waals surface area contributed by atoms with Gasteiger partial charge in [0, 0.05) is 6.54 Å². The minimum Gasteiger partial charge on any atom is -0.330 e. The van der Waals surface area contributed by atoms with Gasteiger partial charge in [-0.15, -0.1) is 0 Å². The molecule has 0 aliphatic carbocycles. The van der Waals surface area contributed by atoms with Gasteiger partial charge in [0.15, 0.2) is 0 Å². The van der Waals surface area contributed by atoms with Crippen molar-refractivity contribution in [1.82, 2.24) is 4.90 Å². The molecule has 18 heavy (non-hydrogen) atoms. The predicted octanol–water partition coefficient (Wildman–Crippen LogP) is 3.02. The zero-order valence-electron chi connectivity index (χ0n) is 11.5. The molecular weight excluding hydrogens is 227 g/mol. The largest absolute Gasteiger partial charge is 0.330 e. The first-order valence-electron chi connectivity index (χ1n) is 6.75. The molecule has 0 saturated carbocycles. The van der Waals surface area contributed by atoms with Crippen LogP contribution in [0.3, 0.4) is 0 Å². The Kier molecular flexibility index (Phi) is 6.91. The van der Waals surface area contributed by atoms with Gasteiger partial charge in [-0.3, -0.25) is 0 Å². The van der Waals surface area contributed by atoms with Gasteiger partial charge in [-0.25, -0.2) is 4.39 Å². The molecule has 0 fully saturated rings. The van der Waals surface area contributed by atoms with Crippen molar-refractivity contribution in [3.63, 3.8) is 0 Å². The van der Waals surface area contributed by atoms with Crippen molar-refractivity contribution >= 4 is 0 Å². The van der Waals surface area contributed by atoms with E-state index in [4.69, 9.17) is 5.73 Å². The van der Waals surface area contributed by atoms with E-state index in [2.05, 4.69) is 18.9 Å². The van der Waals surface area contributed by atoms with Crippen molar-refractivity contribution in [1.29, 1.82) is 0 Å². The highest BCUT2D eigenvalue weighted by molar-refractivity contribution is 5.15. The van der Waals surface area contributed by atoms with Crippen LogP contribution >= 0.6 is 0 Å². The van der Waals surface area contributed by atoms with Crippen molar-refractivity contribution in [2.24, 2.45) is 11.7 Å². The van der Waals surface area contributed by atoms with Crippen LogP contribution in [-0.4, -0.2) is 25.0 Å². The summed E-state index contributed by atoms with van der Waals surface area (Å²) in [5.74, 6) is 0.551. The minimum atomic E-state index is -0.155. The Bertz CT molecular complexity index is 341. The maximum Gasteiger partial charge on any atom is 0.123 e. The summed E-state index contributed by atoms with van der Waals surface area (Å²) >= 11 is 0. The molecule has 0 aliphatic heterocycles. The second kappa shape index (κ2) is 8.22. The van der Waals surface area contributed by atoms with Gasteiger partial charge in [0.05, 0.1) is 0 Å². The molecule has 1 rings (SSSR count). The zero-order valence-corrected chi connectivity index (χ0v) is 11.5. The molecule has 0 radical (unpaired) electrons. The topological polar surface area (TPSA) is 29.3 Å². The highest BCUT2D eigenvalue weighted by Crippen LogP contribution is 2.11. The lowest BCUT2D eigenvalue weighted by Gasteiger charge is -2.18. The predicted molar refractivity (Wildman–Crippen MR) is 74.8 cm³/mol. The Balaban J connectivity index is 2.23. The van der Waals surface area contributed by atoms with Gasteiger partial charge in [0.2, 0.25) is 0 Å². The maximum atomic E-state index is 13.0. The van der Waals surface area contributed by atoms with Crippen molar-refractivity contribution in [2.75, 3.05) is 20.1 Å². The second-order valence-electron chi connectivity index (χ2n) is 5.19. The molecule has 0 spiro atoms. The van der Waals surface area contributed by atoms with Crippen molar-refractivity contribution < 1.29 is 4.39 Å². The van der Waals surface area contributed by atoms with Crippen molar-refractivity contribution in [3.05, 3.63) is 35.6 Å². The highest BCUT2D eigenvalue weighted by Gasteiger charge is 2.04. The normalized spacial score (nSPS) is 12.9. The average Bonchev–Trinajstić information content (AvgIpc) is 2.29. The van der Waals surface area contributed by atoms with Gasteiger partial charge < -0.3 is 10.6 Å². The van der Waals surface area contributed by atoms with Gasteiger partial charge in [-0.2, -0.15) is 0 Å². The Labute approximate surface area is 110 Å². The third-order valence-corrected chi connectivity index (χ3v) is 3.24. The summed E-state index contributed by atoms with van der Waals surface area (Å²) in [6.45, 7) is 4.88. The van der Waals surface area contributed by atoms with E-state index in [0.29, 0.717) is 5.92 Å². The fourth-order valence-corrected chi connectivity index (χ4v) is 2.16. The zero-order chi connectivity index (χ0) is 13.4. The first-order valence-corrected chi connectivity index (χ1v) is 6.75. The average molecular weight is 252 g/mol. The maximum absolute atomic E-state index is 13.0. The molecular formula is C15H25FN2. The van der Waals surface area contributed by atoms with Crippen LogP contribution in [-0.2, 0) is 6.54 Å². The van der Waals surface area contributed by atoms with Crippen molar-refractivity contribution in [2.45, 2.75) is 32.7 Å². The van der Waals surface area contributed by atoms with Gasteiger partial charge >= 0.3 is 0 Å². The van der Waals surface area contributed by atoms with Crippen LogP contribution < -0.4 is 5.73 Å². The van der Waals surface area contributed by atoms with E-state index in [1.807, 2.05) is 6.07 Å². The molecule has 1 atom stereocenters. The van der Waals surface area contributed by atoms with Gasteiger partial charge in [-0.1, -0.05) is 19.1 Å². The molecule has 3 heteroatoms. The number of benzene rings is 1. The third kappa shape index (κ3) is 6.12. The van der Waals surface area contributed by atoms with Crippen LogP contribution in [0.15, 0.2) is 24.3 Å². The number of hydrogen-bond donors (Lipinski definition) is 1. The lowest BCUT2D eigenvalue weighted by molar-refractivity contribution is 0.306. The fourth-order valence-electron chi connectivity index (χ4n) is 2.16. The molecule has 1 unspecified atom stereocenters. The molecule has 2 nitrogen and oxygen atoms in total. The summed E-state index contributed by atoms with van der Waals surface area (Å²) in [7, 11) is 2.08. The molecule has 2 N–H and O–H groups in total. The molecule has 0 saturated heterocycles. The molecule has 1 aromatic carbocycles. The summed E-state index contributed by atoms with van der Waals surface area (Å²) < 4.78 is 13.0. The number of nitrogens with two attached hydrogens (primary N) is 1.